The SMILES string of the molecule is CCCCCCCCCCC/C=C/CCCCCCCC(=O)OC(CCCCCCCCCCCCCCCCCC)CC(=O)NC(CO)C(O)CCCCCCCCCCCCCCCC. The zero-order valence-electron chi connectivity index (χ0n) is 45.6. The van der Waals surface area contributed by atoms with Gasteiger partial charge in [-0.2, -0.15) is 0 Å². The van der Waals surface area contributed by atoms with Crippen LogP contribution in [0.3, 0.4) is 0 Å². The lowest BCUT2D eigenvalue weighted by atomic mass is 10.0. The van der Waals surface area contributed by atoms with Gasteiger partial charge < -0.3 is 20.3 Å². The van der Waals surface area contributed by atoms with Crippen molar-refractivity contribution in [3.8, 4) is 0 Å². The number of ether oxygens (including phenoxy) is 1. The molecule has 0 aromatic heterocycles. The topological polar surface area (TPSA) is 95.9 Å². The molecule has 6 nitrogen and oxygen atoms in total. The molecule has 0 heterocycles. The fourth-order valence-electron chi connectivity index (χ4n) is 9.72. The highest BCUT2D eigenvalue weighted by Crippen LogP contribution is 2.19. The fraction of sp³-hybridized carbons (Fsp3) is 0.934. The number of hydrogen-bond acceptors (Lipinski definition) is 5. The smallest absolute Gasteiger partial charge is 0.306 e. The maximum atomic E-state index is 13.3. The van der Waals surface area contributed by atoms with Gasteiger partial charge in [-0.15, -0.1) is 0 Å². The fourth-order valence-corrected chi connectivity index (χ4v) is 9.72. The van der Waals surface area contributed by atoms with E-state index in [0.717, 1.165) is 51.4 Å². The molecule has 3 N–H and O–H groups in total. The van der Waals surface area contributed by atoms with Crippen molar-refractivity contribution in [3.05, 3.63) is 12.2 Å². The molecule has 0 aliphatic carbocycles. The number of carbonyl (C=O) groups is 2. The first kappa shape index (κ1) is 65.6. The molecule has 3 unspecified atom stereocenters. The highest BCUT2D eigenvalue weighted by Gasteiger charge is 2.24. The second kappa shape index (κ2) is 55.5. The van der Waals surface area contributed by atoms with E-state index in [1.54, 1.807) is 0 Å². The minimum atomic E-state index is -0.784. The molecule has 0 saturated heterocycles. The Morgan fingerprint density at radius 1 is 0.418 bits per heavy atom. The van der Waals surface area contributed by atoms with Gasteiger partial charge in [0.25, 0.3) is 0 Å². The van der Waals surface area contributed by atoms with Gasteiger partial charge in [0.15, 0.2) is 0 Å². The highest BCUT2D eigenvalue weighted by molar-refractivity contribution is 5.77. The van der Waals surface area contributed by atoms with Gasteiger partial charge in [-0.05, 0) is 51.4 Å². The number of nitrogens with one attached hydrogen (secondary N) is 1. The molecule has 6 heteroatoms. The monoisotopic (exact) mass is 946 g/mol. The summed E-state index contributed by atoms with van der Waals surface area (Å²) < 4.78 is 5.98. The normalized spacial score (nSPS) is 13.1. The molecule has 0 aromatic rings. The van der Waals surface area contributed by atoms with E-state index in [1.807, 2.05) is 0 Å². The Hall–Kier alpha value is -1.40. The molecule has 0 radical (unpaired) electrons. The molecule has 0 saturated carbocycles. The molecule has 1 amide bonds. The van der Waals surface area contributed by atoms with Gasteiger partial charge in [-0.1, -0.05) is 290 Å². The number of carbonyl (C=O) groups excluding carboxylic acids is 2. The van der Waals surface area contributed by atoms with Gasteiger partial charge in [0.05, 0.1) is 25.2 Å². The molecular formula is C61H119NO5. The number of esters is 1. The van der Waals surface area contributed by atoms with Crippen LogP contribution < -0.4 is 5.32 Å². The molecule has 0 aromatic carbocycles. The van der Waals surface area contributed by atoms with Crippen LogP contribution in [0, 0.1) is 0 Å². The Morgan fingerprint density at radius 3 is 1.06 bits per heavy atom. The number of aliphatic hydroxyl groups is 2. The quantitative estimate of drug-likeness (QED) is 0.0321. The minimum absolute atomic E-state index is 0.0825. The average molecular weight is 947 g/mol. The van der Waals surface area contributed by atoms with Crippen LogP contribution in [0.4, 0.5) is 0 Å². The van der Waals surface area contributed by atoms with Crippen LogP contribution in [0.25, 0.3) is 0 Å². The van der Waals surface area contributed by atoms with E-state index in [9.17, 15) is 19.8 Å². The van der Waals surface area contributed by atoms with E-state index in [1.165, 1.54) is 244 Å². The predicted molar refractivity (Wildman–Crippen MR) is 292 cm³/mol. The second-order valence-electron chi connectivity index (χ2n) is 21.1. The van der Waals surface area contributed by atoms with Crippen LogP contribution in [0.2, 0.25) is 0 Å². The van der Waals surface area contributed by atoms with Crippen LogP contribution >= 0.6 is 0 Å². The summed E-state index contributed by atoms with van der Waals surface area (Å²) >= 11 is 0. The molecule has 0 aliphatic rings. The number of amides is 1. The molecule has 0 aliphatic heterocycles. The maximum Gasteiger partial charge on any atom is 0.306 e. The Kier molecular flexibility index (Phi) is 54.4. The lowest BCUT2D eigenvalue weighted by molar-refractivity contribution is -0.151. The average Bonchev–Trinajstić information content (AvgIpc) is 3.32. The van der Waals surface area contributed by atoms with E-state index >= 15 is 0 Å². The number of unbranched alkanes of at least 4 members (excludes halogenated alkanes) is 42. The molecule has 67 heavy (non-hydrogen) atoms. The molecule has 3 atom stereocenters. The lowest BCUT2D eigenvalue weighted by Gasteiger charge is -2.24. The zero-order chi connectivity index (χ0) is 48.8. The summed E-state index contributed by atoms with van der Waals surface area (Å²) in [5.74, 6) is -0.458. The van der Waals surface area contributed by atoms with E-state index < -0.39 is 18.2 Å². The van der Waals surface area contributed by atoms with Crippen molar-refractivity contribution in [1.29, 1.82) is 0 Å². The summed E-state index contributed by atoms with van der Waals surface area (Å²) in [5, 5.41) is 23.9. The van der Waals surface area contributed by atoms with Crippen molar-refractivity contribution in [2.75, 3.05) is 6.61 Å². The summed E-state index contributed by atoms with van der Waals surface area (Å²) in [6.07, 6.45) is 64.2. The Labute approximate surface area is 419 Å². The van der Waals surface area contributed by atoms with E-state index in [0.29, 0.717) is 19.3 Å². The largest absolute Gasteiger partial charge is 0.462 e. The lowest BCUT2D eigenvalue weighted by Crippen LogP contribution is -2.46. The number of aliphatic hydroxyl groups excluding tert-OH is 2. The van der Waals surface area contributed by atoms with Gasteiger partial charge in [0.1, 0.15) is 6.10 Å². The van der Waals surface area contributed by atoms with Crippen molar-refractivity contribution in [2.45, 2.75) is 360 Å². The summed E-state index contributed by atoms with van der Waals surface area (Å²) in [6.45, 7) is 6.54. The van der Waals surface area contributed by atoms with Crippen LogP contribution in [0.15, 0.2) is 12.2 Å². The first-order valence-corrected chi connectivity index (χ1v) is 30.4. The van der Waals surface area contributed by atoms with Crippen LogP contribution in [0.1, 0.15) is 342 Å². The summed E-state index contributed by atoms with van der Waals surface area (Å²) in [6, 6.07) is -0.698. The third-order valence-electron chi connectivity index (χ3n) is 14.3. The maximum absolute atomic E-state index is 13.3. The summed E-state index contributed by atoms with van der Waals surface area (Å²) in [5.41, 5.74) is 0. The van der Waals surface area contributed by atoms with E-state index in [4.69, 9.17) is 4.74 Å². The second-order valence-corrected chi connectivity index (χ2v) is 21.1. The van der Waals surface area contributed by atoms with Gasteiger partial charge in [-0.3, -0.25) is 9.59 Å². The molecule has 0 rings (SSSR count). The minimum Gasteiger partial charge on any atom is -0.462 e. The van der Waals surface area contributed by atoms with Crippen LogP contribution in [0.5, 0.6) is 0 Å². The Balaban J connectivity index is 4.51. The van der Waals surface area contributed by atoms with Crippen LogP contribution in [-0.2, 0) is 14.3 Å². The van der Waals surface area contributed by atoms with Gasteiger partial charge in [0.2, 0.25) is 5.91 Å². The third-order valence-corrected chi connectivity index (χ3v) is 14.3. The molecule has 398 valence electrons. The predicted octanol–water partition coefficient (Wildman–Crippen LogP) is 18.9. The Morgan fingerprint density at radius 2 is 0.716 bits per heavy atom. The van der Waals surface area contributed by atoms with Gasteiger partial charge >= 0.3 is 5.97 Å². The Bertz CT molecular complexity index is 1020. The highest BCUT2D eigenvalue weighted by atomic mass is 16.5. The van der Waals surface area contributed by atoms with Crippen molar-refractivity contribution >= 4 is 11.9 Å². The molecular weight excluding hydrogens is 827 g/mol. The number of allylic oxidation sites excluding steroid dienone is 2. The van der Waals surface area contributed by atoms with E-state index in [2.05, 4.69) is 38.2 Å². The van der Waals surface area contributed by atoms with Gasteiger partial charge in [0, 0.05) is 6.42 Å². The van der Waals surface area contributed by atoms with Gasteiger partial charge in [-0.25, -0.2) is 0 Å². The molecule has 0 fully saturated rings. The molecule has 0 bridgehead atoms. The van der Waals surface area contributed by atoms with Crippen molar-refractivity contribution < 1.29 is 24.5 Å². The van der Waals surface area contributed by atoms with Crippen molar-refractivity contribution in [3.63, 3.8) is 0 Å². The van der Waals surface area contributed by atoms with E-state index in [-0.39, 0.29) is 24.9 Å². The van der Waals surface area contributed by atoms with Crippen LogP contribution in [-0.4, -0.2) is 46.9 Å². The third kappa shape index (κ3) is 50.8. The summed E-state index contributed by atoms with van der Waals surface area (Å²) in [4.78, 5) is 26.3. The standard InChI is InChI=1S/C61H119NO5/c1-4-7-10-13-16-19-22-25-28-30-31-33-36-39-42-45-48-51-54-61(66)67-57(52-49-46-43-40-37-34-32-29-26-23-20-17-14-11-8-5-2)55-60(65)62-58(56-63)59(64)53-50-47-44-41-38-35-27-24-21-18-15-12-9-6-3/h31,33,57-59,63-64H,4-30,32,34-56H2,1-3H3,(H,62,65)/b33-31+. The number of rotatable bonds is 56. The van der Waals surface area contributed by atoms with Crippen molar-refractivity contribution in [2.24, 2.45) is 0 Å². The number of hydrogen-bond donors (Lipinski definition) is 3. The zero-order valence-corrected chi connectivity index (χ0v) is 45.6. The first-order valence-electron chi connectivity index (χ1n) is 30.4. The molecule has 0 spiro atoms. The first-order chi connectivity index (χ1) is 33.0. The summed E-state index contributed by atoms with van der Waals surface area (Å²) in [7, 11) is 0. The van der Waals surface area contributed by atoms with Crippen molar-refractivity contribution in [1.82, 2.24) is 5.32 Å².